The molecule has 0 spiro atoms. The molecule has 0 bridgehead atoms. The lowest BCUT2D eigenvalue weighted by atomic mass is 10.2. The molecule has 1 aliphatic rings. The smallest absolute Gasteiger partial charge is 0.340 e. The van der Waals surface area contributed by atoms with Crippen LogP contribution in [0.4, 0.5) is 5.69 Å². The van der Waals surface area contributed by atoms with Crippen molar-refractivity contribution in [2.24, 2.45) is 0 Å². The first-order valence-electron chi connectivity index (χ1n) is 7.19. The fourth-order valence-corrected chi connectivity index (χ4v) is 2.24. The van der Waals surface area contributed by atoms with Crippen molar-refractivity contribution in [1.29, 1.82) is 0 Å². The van der Waals surface area contributed by atoms with Gasteiger partial charge in [-0.3, -0.25) is 9.69 Å². The van der Waals surface area contributed by atoms with Gasteiger partial charge in [-0.15, -0.1) is 0 Å². The second-order valence-electron chi connectivity index (χ2n) is 4.84. The van der Waals surface area contributed by atoms with Gasteiger partial charge in [0.25, 0.3) is 0 Å². The average molecular weight is 291 g/mol. The standard InChI is InChI=1S/C15H21N3O3/c1-2-21-15(20)12-5-3-4-6-13(12)17-14(19)11-18-9-7-16-8-10-18/h3-6,16H,2,7-11H2,1H3,(H,17,19). The number of nitrogens with zero attached hydrogens (tertiary/aromatic N) is 1. The number of carbonyl (C=O) groups excluding carboxylic acids is 2. The molecule has 1 saturated heterocycles. The maximum Gasteiger partial charge on any atom is 0.340 e. The van der Waals surface area contributed by atoms with Crippen LogP contribution in [-0.4, -0.2) is 56.1 Å². The molecule has 0 aliphatic carbocycles. The van der Waals surface area contributed by atoms with E-state index < -0.39 is 5.97 Å². The van der Waals surface area contributed by atoms with Crippen LogP contribution in [0.25, 0.3) is 0 Å². The van der Waals surface area contributed by atoms with Gasteiger partial charge in [0.15, 0.2) is 0 Å². The number of anilines is 1. The summed E-state index contributed by atoms with van der Waals surface area (Å²) in [4.78, 5) is 26.0. The van der Waals surface area contributed by atoms with Crippen molar-refractivity contribution < 1.29 is 14.3 Å². The van der Waals surface area contributed by atoms with Crippen LogP contribution in [0.3, 0.4) is 0 Å². The van der Waals surface area contributed by atoms with E-state index in [0.717, 1.165) is 26.2 Å². The first-order valence-corrected chi connectivity index (χ1v) is 7.19. The minimum absolute atomic E-state index is 0.117. The van der Waals surface area contributed by atoms with Crippen molar-refractivity contribution in [3.8, 4) is 0 Å². The fraction of sp³-hybridized carbons (Fsp3) is 0.467. The van der Waals surface area contributed by atoms with Crippen LogP contribution in [0.5, 0.6) is 0 Å². The summed E-state index contributed by atoms with van der Waals surface area (Å²) in [6.45, 7) is 5.89. The summed E-state index contributed by atoms with van der Waals surface area (Å²) < 4.78 is 4.99. The number of nitrogens with one attached hydrogen (secondary N) is 2. The van der Waals surface area contributed by atoms with Crippen LogP contribution in [-0.2, 0) is 9.53 Å². The average Bonchev–Trinajstić information content (AvgIpc) is 2.49. The summed E-state index contributed by atoms with van der Waals surface area (Å²) in [5.41, 5.74) is 0.879. The molecule has 1 aliphatic heterocycles. The van der Waals surface area contributed by atoms with Crippen molar-refractivity contribution in [2.75, 3.05) is 44.6 Å². The maximum atomic E-state index is 12.1. The summed E-state index contributed by atoms with van der Waals surface area (Å²) in [5, 5.41) is 6.04. The molecular formula is C15H21N3O3. The van der Waals surface area contributed by atoms with E-state index in [2.05, 4.69) is 15.5 Å². The van der Waals surface area contributed by atoms with Crippen molar-refractivity contribution in [3.05, 3.63) is 29.8 Å². The minimum Gasteiger partial charge on any atom is -0.462 e. The van der Waals surface area contributed by atoms with Gasteiger partial charge in [-0.2, -0.15) is 0 Å². The zero-order valence-electron chi connectivity index (χ0n) is 12.2. The van der Waals surface area contributed by atoms with Gasteiger partial charge < -0.3 is 15.4 Å². The van der Waals surface area contributed by atoms with Crippen LogP contribution in [0.15, 0.2) is 24.3 Å². The Hall–Kier alpha value is -1.92. The highest BCUT2D eigenvalue weighted by Gasteiger charge is 2.16. The number of esters is 1. The summed E-state index contributed by atoms with van der Waals surface area (Å²) >= 11 is 0. The molecule has 6 heteroatoms. The monoisotopic (exact) mass is 291 g/mol. The van der Waals surface area contributed by atoms with Gasteiger partial charge in [0.1, 0.15) is 0 Å². The van der Waals surface area contributed by atoms with Crippen molar-refractivity contribution >= 4 is 17.6 Å². The fourth-order valence-electron chi connectivity index (χ4n) is 2.24. The van der Waals surface area contributed by atoms with E-state index in [4.69, 9.17) is 4.74 Å². The third-order valence-corrected chi connectivity index (χ3v) is 3.27. The van der Waals surface area contributed by atoms with E-state index in [-0.39, 0.29) is 5.91 Å². The SMILES string of the molecule is CCOC(=O)c1ccccc1NC(=O)CN1CCNCC1. The number of hydrogen-bond donors (Lipinski definition) is 2. The van der Waals surface area contributed by atoms with Crippen LogP contribution in [0, 0.1) is 0 Å². The summed E-state index contributed by atoms with van der Waals surface area (Å²) in [6.07, 6.45) is 0. The molecule has 0 radical (unpaired) electrons. The summed E-state index contributed by atoms with van der Waals surface area (Å²) in [5.74, 6) is -0.538. The van der Waals surface area contributed by atoms with E-state index >= 15 is 0 Å². The van der Waals surface area contributed by atoms with Gasteiger partial charge in [-0.25, -0.2) is 4.79 Å². The molecule has 0 aromatic heterocycles. The lowest BCUT2D eigenvalue weighted by molar-refractivity contribution is -0.117. The van der Waals surface area contributed by atoms with Crippen molar-refractivity contribution in [2.45, 2.75) is 6.92 Å². The molecular weight excluding hydrogens is 270 g/mol. The normalized spacial score (nSPS) is 15.5. The van der Waals surface area contributed by atoms with Gasteiger partial charge in [-0.05, 0) is 19.1 Å². The number of carbonyl (C=O) groups is 2. The van der Waals surface area contributed by atoms with E-state index in [1.54, 1.807) is 31.2 Å². The lowest BCUT2D eigenvalue weighted by Gasteiger charge is -2.26. The molecule has 1 amide bonds. The van der Waals surface area contributed by atoms with Gasteiger partial charge in [0.05, 0.1) is 24.4 Å². The Morgan fingerprint density at radius 2 is 2.00 bits per heavy atom. The Balaban J connectivity index is 1.98. The lowest BCUT2D eigenvalue weighted by Crippen LogP contribution is -2.46. The Bertz CT molecular complexity index is 499. The van der Waals surface area contributed by atoms with Crippen molar-refractivity contribution in [1.82, 2.24) is 10.2 Å². The quantitative estimate of drug-likeness (QED) is 0.782. The van der Waals surface area contributed by atoms with Crippen LogP contribution in [0.2, 0.25) is 0 Å². The first kappa shape index (κ1) is 15.5. The van der Waals surface area contributed by atoms with Crippen LogP contribution < -0.4 is 10.6 Å². The molecule has 0 atom stereocenters. The molecule has 1 heterocycles. The Morgan fingerprint density at radius 3 is 2.71 bits per heavy atom. The number of benzene rings is 1. The van der Waals surface area contributed by atoms with E-state index in [1.165, 1.54) is 0 Å². The van der Waals surface area contributed by atoms with E-state index in [0.29, 0.717) is 24.4 Å². The molecule has 114 valence electrons. The Kier molecular flexibility index (Phi) is 5.71. The third-order valence-electron chi connectivity index (χ3n) is 3.27. The van der Waals surface area contributed by atoms with Crippen molar-refractivity contribution in [3.63, 3.8) is 0 Å². The third kappa shape index (κ3) is 4.54. The zero-order valence-corrected chi connectivity index (χ0v) is 12.2. The molecule has 2 N–H and O–H groups in total. The zero-order chi connectivity index (χ0) is 15.1. The van der Waals surface area contributed by atoms with Gasteiger partial charge in [-0.1, -0.05) is 12.1 Å². The van der Waals surface area contributed by atoms with Gasteiger partial charge in [0.2, 0.25) is 5.91 Å². The number of ether oxygens (including phenoxy) is 1. The Labute approximate surface area is 124 Å². The van der Waals surface area contributed by atoms with Crippen LogP contribution >= 0.6 is 0 Å². The minimum atomic E-state index is -0.421. The second-order valence-corrected chi connectivity index (χ2v) is 4.84. The highest BCUT2D eigenvalue weighted by molar-refractivity contribution is 6.01. The molecule has 21 heavy (non-hydrogen) atoms. The summed E-state index contributed by atoms with van der Waals surface area (Å²) in [7, 11) is 0. The molecule has 0 saturated carbocycles. The van der Waals surface area contributed by atoms with E-state index in [1.807, 2.05) is 0 Å². The largest absolute Gasteiger partial charge is 0.462 e. The topological polar surface area (TPSA) is 70.7 Å². The summed E-state index contributed by atoms with van der Waals surface area (Å²) in [6, 6.07) is 6.89. The number of para-hydroxylation sites is 1. The van der Waals surface area contributed by atoms with Gasteiger partial charge in [0, 0.05) is 26.2 Å². The molecule has 0 unspecified atom stereocenters. The number of rotatable bonds is 5. The van der Waals surface area contributed by atoms with E-state index in [9.17, 15) is 9.59 Å². The molecule has 2 rings (SSSR count). The molecule has 1 aromatic rings. The predicted octanol–water partition coefficient (Wildman–Crippen LogP) is 0.707. The highest BCUT2D eigenvalue weighted by atomic mass is 16.5. The molecule has 6 nitrogen and oxygen atoms in total. The second kappa shape index (κ2) is 7.75. The number of amides is 1. The van der Waals surface area contributed by atoms with Crippen LogP contribution in [0.1, 0.15) is 17.3 Å². The number of piperazine rings is 1. The number of hydrogen-bond acceptors (Lipinski definition) is 5. The maximum absolute atomic E-state index is 12.1. The van der Waals surface area contributed by atoms with Gasteiger partial charge >= 0.3 is 5.97 Å². The Morgan fingerprint density at radius 1 is 1.29 bits per heavy atom. The highest BCUT2D eigenvalue weighted by Crippen LogP contribution is 2.16. The first-order chi connectivity index (χ1) is 10.2. The molecule has 1 fully saturated rings. The predicted molar refractivity (Wildman–Crippen MR) is 80.3 cm³/mol. The molecule has 1 aromatic carbocycles.